The van der Waals surface area contributed by atoms with E-state index in [1.165, 1.54) is 11.8 Å². The number of carbonyl (C=O) groups excluding carboxylic acids is 1. The van der Waals surface area contributed by atoms with Crippen LogP contribution in [0.15, 0.2) is 59.6 Å². The van der Waals surface area contributed by atoms with Gasteiger partial charge in [-0.2, -0.15) is 4.99 Å². The fraction of sp³-hybridized carbons (Fsp3) is 0.364. The van der Waals surface area contributed by atoms with Gasteiger partial charge in [0.1, 0.15) is 0 Å². The van der Waals surface area contributed by atoms with Crippen molar-refractivity contribution in [2.45, 2.75) is 25.1 Å². The summed E-state index contributed by atoms with van der Waals surface area (Å²) in [6.45, 7) is 6.05. The third-order valence-corrected chi connectivity index (χ3v) is 8.75. The van der Waals surface area contributed by atoms with Crippen molar-refractivity contribution in [1.29, 1.82) is 0 Å². The molecule has 2 heterocycles. The average molecular weight is 444 g/mol. The maximum Gasteiger partial charge on any atom is 0.279 e. The number of hydrogen-bond acceptors (Lipinski definition) is 5. The van der Waals surface area contributed by atoms with Crippen molar-refractivity contribution in [1.82, 2.24) is 0 Å². The van der Waals surface area contributed by atoms with Gasteiger partial charge in [-0.15, -0.1) is 0 Å². The highest BCUT2D eigenvalue weighted by atomic mass is 32.2. The number of rotatable bonds is 5. The van der Waals surface area contributed by atoms with Crippen molar-refractivity contribution in [3.05, 3.63) is 60.2 Å². The number of sulfone groups is 1. The standard InChI is InChI=1S/C22H25N3O3S2/c1-3-24(4-2)17-10-12-18(13-11-17)25-19-14-30(27,28)15-20(19)29-22(25)23-21(26)16-8-6-5-7-9-16/h5-13,19-20H,3-4,14-15H2,1-2H3/t19-,20+/m1/s1. The highest BCUT2D eigenvalue weighted by molar-refractivity contribution is 8.16. The molecule has 0 N–H and O–H groups in total. The lowest BCUT2D eigenvalue weighted by molar-refractivity contribution is 0.100. The molecule has 0 aliphatic carbocycles. The lowest BCUT2D eigenvalue weighted by Gasteiger charge is -2.26. The van der Waals surface area contributed by atoms with E-state index >= 15 is 0 Å². The van der Waals surface area contributed by atoms with E-state index in [1.54, 1.807) is 24.3 Å². The van der Waals surface area contributed by atoms with Gasteiger partial charge in [0.05, 0.1) is 17.5 Å². The Morgan fingerprint density at radius 1 is 1.07 bits per heavy atom. The Kier molecular flexibility index (Phi) is 5.88. The second kappa shape index (κ2) is 8.43. The fourth-order valence-corrected chi connectivity index (χ4v) is 7.92. The summed E-state index contributed by atoms with van der Waals surface area (Å²) < 4.78 is 24.5. The summed E-state index contributed by atoms with van der Waals surface area (Å²) >= 11 is 1.39. The number of nitrogens with zero attached hydrogens (tertiary/aromatic N) is 3. The molecule has 2 aliphatic heterocycles. The first-order chi connectivity index (χ1) is 14.4. The summed E-state index contributed by atoms with van der Waals surface area (Å²) in [6.07, 6.45) is 0. The predicted octanol–water partition coefficient (Wildman–Crippen LogP) is 3.45. The van der Waals surface area contributed by atoms with Crippen LogP contribution in [0.3, 0.4) is 0 Å². The maximum absolute atomic E-state index is 12.7. The Morgan fingerprint density at radius 3 is 2.37 bits per heavy atom. The molecule has 0 unspecified atom stereocenters. The summed E-state index contributed by atoms with van der Waals surface area (Å²) in [5.41, 5.74) is 2.50. The molecule has 0 saturated carbocycles. The molecule has 2 atom stereocenters. The van der Waals surface area contributed by atoms with Gasteiger partial charge in [0.15, 0.2) is 15.0 Å². The molecule has 158 valence electrons. The van der Waals surface area contributed by atoms with E-state index in [-0.39, 0.29) is 28.7 Å². The van der Waals surface area contributed by atoms with Gasteiger partial charge >= 0.3 is 0 Å². The molecule has 4 rings (SSSR count). The summed E-state index contributed by atoms with van der Waals surface area (Å²) in [6, 6.07) is 16.8. The minimum Gasteiger partial charge on any atom is -0.372 e. The Morgan fingerprint density at radius 2 is 1.73 bits per heavy atom. The van der Waals surface area contributed by atoms with E-state index in [0.29, 0.717) is 10.7 Å². The Balaban J connectivity index is 1.69. The number of thioether (sulfide) groups is 1. The monoisotopic (exact) mass is 443 g/mol. The molecule has 2 aromatic carbocycles. The second-order valence-electron chi connectivity index (χ2n) is 7.42. The summed E-state index contributed by atoms with van der Waals surface area (Å²) in [5, 5.41) is 0.462. The fourth-order valence-electron chi connectivity index (χ4n) is 4.01. The van der Waals surface area contributed by atoms with E-state index in [4.69, 9.17) is 0 Å². The van der Waals surface area contributed by atoms with Crippen LogP contribution in [0, 0.1) is 0 Å². The van der Waals surface area contributed by atoms with Crippen LogP contribution in [0.5, 0.6) is 0 Å². The van der Waals surface area contributed by atoms with E-state index in [1.807, 2.05) is 35.2 Å². The third kappa shape index (κ3) is 4.11. The molecule has 2 saturated heterocycles. The molecule has 0 spiro atoms. The average Bonchev–Trinajstić information content (AvgIpc) is 3.21. The molecule has 6 nitrogen and oxygen atoms in total. The Bertz CT molecular complexity index is 1050. The van der Waals surface area contributed by atoms with E-state index in [2.05, 4.69) is 23.7 Å². The third-order valence-electron chi connectivity index (χ3n) is 5.54. The first-order valence-electron chi connectivity index (χ1n) is 10.1. The predicted molar refractivity (Wildman–Crippen MR) is 125 cm³/mol. The zero-order valence-corrected chi connectivity index (χ0v) is 18.7. The molecule has 8 heteroatoms. The SMILES string of the molecule is CCN(CC)c1ccc(N2C(=NC(=O)c3ccccc3)S[C@H]3CS(=O)(=O)C[C@H]32)cc1. The van der Waals surface area contributed by atoms with Crippen molar-refractivity contribution in [2.24, 2.45) is 4.99 Å². The van der Waals surface area contributed by atoms with Gasteiger partial charge in [0, 0.05) is 35.3 Å². The molecule has 0 bridgehead atoms. The molecule has 2 fully saturated rings. The number of amides is 1. The summed E-state index contributed by atoms with van der Waals surface area (Å²) in [4.78, 5) is 21.3. The Hall–Kier alpha value is -2.32. The normalized spacial score (nSPS) is 23.5. The van der Waals surface area contributed by atoms with Gasteiger partial charge in [-0.1, -0.05) is 30.0 Å². The van der Waals surface area contributed by atoms with Crippen LogP contribution in [0.1, 0.15) is 24.2 Å². The van der Waals surface area contributed by atoms with Gasteiger partial charge in [0.2, 0.25) is 0 Å². The van der Waals surface area contributed by atoms with E-state index < -0.39 is 9.84 Å². The zero-order valence-electron chi connectivity index (χ0n) is 17.1. The quantitative estimate of drug-likeness (QED) is 0.705. The number of benzene rings is 2. The van der Waals surface area contributed by atoms with Crippen LogP contribution in [-0.4, -0.2) is 55.4 Å². The smallest absolute Gasteiger partial charge is 0.279 e. The van der Waals surface area contributed by atoms with Gasteiger partial charge in [-0.25, -0.2) is 8.42 Å². The largest absolute Gasteiger partial charge is 0.372 e. The molecular weight excluding hydrogens is 418 g/mol. The van der Waals surface area contributed by atoms with Crippen molar-refractivity contribution in [3.8, 4) is 0 Å². The summed E-state index contributed by atoms with van der Waals surface area (Å²) in [7, 11) is -3.09. The van der Waals surface area contributed by atoms with Crippen molar-refractivity contribution in [2.75, 3.05) is 34.4 Å². The van der Waals surface area contributed by atoms with Gasteiger partial charge in [-0.3, -0.25) is 4.79 Å². The van der Waals surface area contributed by atoms with Crippen LogP contribution >= 0.6 is 11.8 Å². The molecule has 1 amide bonds. The molecule has 2 aliphatic rings. The number of amidine groups is 1. The number of anilines is 2. The van der Waals surface area contributed by atoms with Crippen LogP contribution in [0.4, 0.5) is 11.4 Å². The molecule has 2 aromatic rings. The second-order valence-corrected chi connectivity index (χ2v) is 10.8. The van der Waals surface area contributed by atoms with Gasteiger partial charge in [-0.05, 0) is 50.2 Å². The molecule has 0 aromatic heterocycles. The summed E-state index contributed by atoms with van der Waals surface area (Å²) in [5.74, 6) is -0.110. The minimum atomic E-state index is -3.09. The number of fused-ring (bicyclic) bond motifs is 1. The molecule has 30 heavy (non-hydrogen) atoms. The molecular formula is C22H25N3O3S2. The number of hydrogen-bond donors (Lipinski definition) is 0. The van der Waals surface area contributed by atoms with E-state index in [9.17, 15) is 13.2 Å². The van der Waals surface area contributed by atoms with Crippen molar-refractivity contribution >= 4 is 44.0 Å². The van der Waals surface area contributed by atoms with Crippen LogP contribution < -0.4 is 9.80 Å². The van der Waals surface area contributed by atoms with Gasteiger partial charge in [0.25, 0.3) is 5.91 Å². The first-order valence-corrected chi connectivity index (χ1v) is 12.8. The Labute approximate surface area is 181 Å². The highest BCUT2D eigenvalue weighted by Gasteiger charge is 2.49. The van der Waals surface area contributed by atoms with Crippen LogP contribution in [0.25, 0.3) is 0 Å². The highest BCUT2D eigenvalue weighted by Crippen LogP contribution is 2.41. The minimum absolute atomic E-state index is 0.0843. The maximum atomic E-state index is 12.7. The van der Waals surface area contributed by atoms with Crippen molar-refractivity contribution in [3.63, 3.8) is 0 Å². The van der Waals surface area contributed by atoms with E-state index in [0.717, 1.165) is 24.5 Å². The van der Waals surface area contributed by atoms with Crippen LogP contribution in [-0.2, 0) is 9.84 Å². The van der Waals surface area contributed by atoms with Crippen LogP contribution in [0.2, 0.25) is 0 Å². The first kappa shape index (κ1) is 20.9. The lowest BCUT2D eigenvalue weighted by Crippen LogP contribution is -2.37. The molecule has 0 radical (unpaired) electrons. The number of carbonyl (C=O) groups is 1. The number of aliphatic imine (C=N–C) groups is 1. The topological polar surface area (TPSA) is 70.0 Å². The van der Waals surface area contributed by atoms with Gasteiger partial charge < -0.3 is 9.80 Å². The van der Waals surface area contributed by atoms with Crippen molar-refractivity contribution < 1.29 is 13.2 Å². The zero-order chi connectivity index (χ0) is 21.3. The lowest BCUT2D eigenvalue weighted by atomic mass is 10.2.